The smallest absolute Gasteiger partial charge is 0.304 e. The zero-order valence-electron chi connectivity index (χ0n) is 9.14. The van der Waals surface area contributed by atoms with Crippen molar-refractivity contribution in [2.24, 2.45) is 0 Å². The second-order valence-electron chi connectivity index (χ2n) is 4.41. The van der Waals surface area contributed by atoms with Crippen molar-refractivity contribution >= 4 is 5.97 Å². The minimum atomic E-state index is -0.814. The van der Waals surface area contributed by atoms with Crippen LogP contribution in [0.1, 0.15) is 12.0 Å². The Morgan fingerprint density at radius 2 is 2.06 bits per heavy atom. The van der Waals surface area contributed by atoms with Gasteiger partial charge in [0.05, 0.1) is 25.0 Å². The standard InChI is InChI=1S/C12H12O5/c13-11(14)4-12(5-15-6-12)8-1-2-9-10(3-8)17-7-16-9/h1-3H,4-7H2,(H,13,14). The van der Waals surface area contributed by atoms with Gasteiger partial charge in [0.2, 0.25) is 6.79 Å². The van der Waals surface area contributed by atoms with Crippen molar-refractivity contribution < 1.29 is 24.1 Å². The van der Waals surface area contributed by atoms with Gasteiger partial charge in [-0.15, -0.1) is 0 Å². The van der Waals surface area contributed by atoms with E-state index >= 15 is 0 Å². The lowest BCUT2D eigenvalue weighted by atomic mass is 9.76. The van der Waals surface area contributed by atoms with Crippen molar-refractivity contribution in [3.63, 3.8) is 0 Å². The summed E-state index contributed by atoms with van der Waals surface area (Å²) in [6.45, 7) is 1.11. The number of aliphatic carboxylic acids is 1. The summed E-state index contributed by atoms with van der Waals surface area (Å²) in [6, 6.07) is 5.56. The number of hydrogen-bond acceptors (Lipinski definition) is 4. The van der Waals surface area contributed by atoms with Crippen molar-refractivity contribution in [2.45, 2.75) is 11.8 Å². The third-order valence-electron chi connectivity index (χ3n) is 3.23. The van der Waals surface area contributed by atoms with E-state index < -0.39 is 11.4 Å². The number of ether oxygens (including phenoxy) is 3. The van der Waals surface area contributed by atoms with Gasteiger partial charge in [0.1, 0.15) is 0 Å². The maximum atomic E-state index is 10.9. The van der Waals surface area contributed by atoms with E-state index in [0.717, 1.165) is 5.56 Å². The third-order valence-corrected chi connectivity index (χ3v) is 3.23. The monoisotopic (exact) mass is 236 g/mol. The molecule has 2 aliphatic rings. The molecule has 5 nitrogen and oxygen atoms in total. The molecule has 0 saturated carbocycles. The molecule has 1 aromatic rings. The van der Waals surface area contributed by atoms with Gasteiger partial charge in [-0.3, -0.25) is 4.79 Å². The fourth-order valence-corrected chi connectivity index (χ4v) is 2.24. The molecule has 5 heteroatoms. The van der Waals surface area contributed by atoms with Crippen LogP contribution in [0.25, 0.3) is 0 Å². The van der Waals surface area contributed by atoms with Crippen LogP contribution in [0.15, 0.2) is 18.2 Å². The molecule has 90 valence electrons. The minimum Gasteiger partial charge on any atom is -0.481 e. The lowest BCUT2D eigenvalue weighted by Gasteiger charge is -2.40. The van der Waals surface area contributed by atoms with Gasteiger partial charge in [0.15, 0.2) is 11.5 Å². The van der Waals surface area contributed by atoms with E-state index in [-0.39, 0.29) is 13.2 Å². The SMILES string of the molecule is O=C(O)CC1(c2ccc3c(c2)OCO3)COC1. The molecule has 0 atom stereocenters. The zero-order valence-corrected chi connectivity index (χ0v) is 9.14. The normalized spacial score (nSPS) is 19.8. The van der Waals surface area contributed by atoms with Gasteiger partial charge in [-0.05, 0) is 17.7 Å². The van der Waals surface area contributed by atoms with Crippen molar-refractivity contribution in [3.8, 4) is 11.5 Å². The first-order valence-electron chi connectivity index (χ1n) is 5.39. The average molecular weight is 236 g/mol. The quantitative estimate of drug-likeness (QED) is 0.853. The Hall–Kier alpha value is -1.75. The van der Waals surface area contributed by atoms with Crippen LogP contribution in [0, 0.1) is 0 Å². The first-order chi connectivity index (χ1) is 8.20. The number of hydrogen-bond donors (Lipinski definition) is 1. The lowest BCUT2D eigenvalue weighted by Crippen LogP contribution is -2.48. The molecule has 0 amide bonds. The van der Waals surface area contributed by atoms with Crippen LogP contribution in [-0.2, 0) is 14.9 Å². The summed E-state index contributed by atoms with van der Waals surface area (Å²) < 4.78 is 15.7. The van der Waals surface area contributed by atoms with Crippen molar-refractivity contribution in [1.82, 2.24) is 0 Å². The summed E-state index contributed by atoms with van der Waals surface area (Å²) in [6.07, 6.45) is 0.0760. The molecule has 1 saturated heterocycles. The number of carbonyl (C=O) groups is 1. The van der Waals surface area contributed by atoms with Gasteiger partial charge in [-0.1, -0.05) is 6.07 Å². The maximum absolute atomic E-state index is 10.9. The average Bonchev–Trinajstić information content (AvgIpc) is 2.69. The fourth-order valence-electron chi connectivity index (χ4n) is 2.24. The van der Waals surface area contributed by atoms with Crippen LogP contribution in [0.4, 0.5) is 0 Å². The third kappa shape index (κ3) is 1.63. The van der Waals surface area contributed by atoms with Gasteiger partial charge in [0.25, 0.3) is 0 Å². The van der Waals surface area contributed by atoms with Crippen LogP contribution < -0.4 is 9.47 Å². The molecular weight excluding hydrogens is 224 g/mol. The Kier molecular flexibility index (Phi) is 2.22. The van der Waals surface area contributed by atoms with Crippen molar-refractivity contribution in [2.75, 3.05) is 20.0 Å². The molecule has 1 N–H and O–H groups in total. The van der Waals surface area contributed by atoms with Crippen LogP contribution in [0.2, 0.25) is 0 Å². The van der Waals surface area contributed by atoms with Crippen molar-refractivity contribution in [1.29, 1.82) is 0 Å². The van der Waals surface area contributed by atoms with Crippen LogP contribution in [0.3, 0.4) is 0 Å². The largest absolute Gasteiger partial charge is 0.481 e. The maximum Gasteiger partial charge on any atom is 0.304 e. The lowest BCUT2D eigenvalue weighted by molar-refractivity contribution is -0.145. The molecule has 3 rings (SSSR count). The van der Waals surface area contributed by atoms with E-state index in [1.54, 1.807) is 0 Å². The topological polar surface area (TPSA) is 65.0 Å². The fraction of sp³-hybridized carbons (Fsp3) is 0.417. The van der Waals surface area contributed by atoms with Crippen molar-refractivity contribution in [3.05, 3.63) is 23.8 Å². The highest BCUT2D eigenvalue weighted by Gasteiger charge is 2.43. The highest BCUT2D eigenvalue weighted by Crippen LogP contribution is 2.41. The van der Waals surface area contributed by atoms with Gasteiger partial charge in [-0.2, -0.15) is 0 Å². The van der Waals surface area contributed by atoms with E-state index in [2.05, 4.69) is 0 Å². The number of carboxylic acid groups (broad SMARTS) is 1. The van der Waals surface area contributed by atoms with Crippen LogP contribution >= 0.6 is 0 Å². The molecule has 0 bridgehead atoms. The summed E-state index contributed by atoms with van der Waals surface area (Å²) in [5, 5.41) is 8.96. The Morgan fingerprint density at radius 3 is 2.71 bits per heavy atom. The molecule has 0 radical (unpaired) electrons. The first kappa shape index (κ1) is 10.4. The summed E-state index contributed by atoms with van der Waals surface area (Å²) in [5.74, 6) is 0.574. The van der Waals surface area contributed by atoms with Crippen LogP contribution in [0.5, 0.6) is 11.5 Å². The van der Waals surface area contributed by atoms with Crippen LogP contribution in [-0.4, -0.2) is 31.1 Å². The molecule has 17 heavy (non-hydrogen) atoms. The second-order valence-corrected chi connectivity index (χ2v) is 4.41. The molecule has 0 spiro atoms. The summed E-state index contributed by atoms with van der Waals surface area (Å²) >= 11 is 0. The zero-order chi connectivity index (χ0) is 11.9. The van der Waals surface area contributed by atoms with Gasteiger partial charge in [-0.25, -0.2) is 0 Å². The predicted molar refractivity (Wildman–Crippen MR) is 57.3 cm³/mol. The number of fused-ring (bicyclic) bond motifs is 1. The summed E-state index contributed by atoms with van der Waals surface area (Å²) in [7, 11) is 0. The summed E-state index contributed by atoms with van der Waals surface area (Å²) in [4.78, 5) is 10.9. The molecule has 0 unspecified atom stereocenters. The molecule has 1 aromatic carbocycles. The van der Waals surface area contributed by atoms with Gasteiger partial charge < -0.3 is 19.3 Å². The predicted octanol–water partition coefficient (Wildman–Crippen LogP) is 1.16. The molecule has 2 aliphatic heterocycles. The number of carboxylic acids is 1. The molecule has 0 aromatic heterocycles. The number of benzene rings is 1. The van der Waals surface area contributed by atoms with Gasteiger partial charge >= 0.3 is 5.97 Å². The molecule has 0 aliphatic carbocycles. The Bertz CT molecular complexity index is 464. The van der Waals surface area contributed by atoms with Gasteiger partial charge in [0, 0.05) is 0 Å². The van der Waals surface area contributed by atoms with E-state index in [9.17, 15) is 4.79 Å². The molecule has 1 fully saturated rings. The number of rotatable bonds is 3. The molecular formula is C12H12O5. The first-order valence-corrected chi connectivity index (χ1v) is 5.39. The Labute approximate surface area is 97.9 Å². The summed E-state index contributed by atoms with van der Waals surface area (Å²) in [5.41, 5.74) is 0.530. The van der Waals surface area contributed by atoms with E-state index in [4.69, 9.17) is 19.3 Å². The second kappa shape index (κ2) is 3.63. The van der Waals surface area contributed by atoms with E-state index in [0.29, 0.717) is 24.7 Å². The Balaban J connectivity index is 1.94. The van der Waals surface area contributed by atoms with E-state index in [1.807, 2.05) is 18.2 Å². The highest BCUT2D eigenvalue weighted by atomic mass is 16.7. The Morgan fingerprint density at radius 1 is 1.29 bits per heavy atom. The minimum absolute atomic E-state index is 0.0760. The molecule has 2 heterocycles. The highest BCUT2D eigenvalue weighted by molar-refractivity contribution is 5.69. The van der Waals surface area contributed by atoms with E-state index in [1.165, 1.54) is 0 Å².